The molecule has 2 amide bonds. The van der Waals surface area contributed by atoms with Gasteiger partial charge in [0.2, 0.25) is 0 Å². The molecule has 0 radical (unpaired) electrons. The lowest BCUT2D eigenvalue weighted by Crippen LogP contribution is -2.29. The van der Waals surface area contributed by atoms with Crippen LogP contribution in [0.5, 0.6) is 0 Å². The van der Waals surface area contributed by atoms with Crippen LogP contribution in [0.4, 0.5) is 0 Å². The number of aromatic nitrogens is 1. The Kier molecular flexibility index (Phi) is 6.24. The Hall–Kier alpha value is -3.93. The second kappa shape index (κ2) is 9.14. The second-order valence-corrected chi connectivity index (χ2v) is 8.63. The van der Waals surface area contributed by atoms with E-state index in [2.05, 4.69) is 10.6 Å². The van der Waals surface area contributed by atoms with E-state index in [1.807, 2.05) is 52.1 Å². The normalized spacial score (nSPS) is 15.0. The highest BCUT2D eigenvalue weighted by Crippen LogP contribution is 2.33. The Morgan fingerprint density at radius 3 is 2.29 bits per heavy atom. The zero-order valence-corrected chi connectivity index (χ0v) is 20.1. The van der Waals surface area contributed by atoms with Gasteiger partial charge < -0.3 is 9.30 Å². The number of hydrogen-bond acceptors (Lipinski definition) is 4. The molecular formula is C28H28N2O4. The van der Waals surface area contributed by atoms with Gasteiger partial charge in [0.05, 0.1) is 29.9 Å². The number of imide groups is 1. The van der Waals surface area contributed by atoms with Crippen LogP contribution < -0.4 is 0 Å². The van der Waals surface area contributed by atoms with Crippen LogP contribution in [0, 0.1) is 6.92 Å². The maximum Gasteiger partial charge on any atom is 0.338 e. The lowest BCUT2D eigenvalue weighted by molar-refractivity contribution is -0.137. The maximum absolute atomic E-state index is 13.5. The molecular weight excluding hydrogens is 428 g/mol. The summed E-state index contributed by atoms with van der Waals surface area (Å²) >= 11 is 0. The van der Waals surface area contributed by atoms with Crippen molar-refractivity contribution in [3.8, 4) is 0 Å². The number of rotatable bonds is 5. The molecule has 1 aliphatic heterocycles. The molecule has 0 aliphatic carbocycles. The van der Waals surface area contributed by atoms with E-state index < -0.39 is 5.97 Å². The number of amides is 2. The van der Waals surface area contributed by atoms with Gasteiger partial charge in [-0.2, -0.15) is 0 Å². The van der Waals surface area contributed by atoms with Crippen molar-refractivity contribution in [2.45, 2.75) is 34.2 Å². The van der Waals surface area contributed by atoms with Crippen LogP contribution in [0.2, 0.25) is 0 Å². The van der Waals surface area contributed by atoms with Crippen molar-refractivity contribution in [2.24, 2.45) is 7.05 Å². The molecule has 1 aliphatic rings. The van der Waals surface area contributed by atoms with Gasteiger partial charge in [-0.1, -0.05) is 35.9 Å². The highest BCUT2D eigenvalue weighted by atomic mass is 16.5. The fourth-order valence-corrected chi connectivity index (χ4v) is 4.44. The molecule has 6 nitrogen and oxygen atoms in total. The molecule has 34 heavy (non-hydrogen) atoms. The third kappa shape index (κ3) is 3.96. The topological polar surface area (TPSA) is 68.6 Å². The number of benzene rings is 2. The van der Waals surface area contributed by atoms with E-state index in [1.54, 1.807) is 31.2 Å². The summed E-state index contributed by atoms with van der Waals surface area (Å²) in [6.07, 6.45) is 1.84. The number of esters is 1. The van der Waals surface area contributed by atoms with E-state index in [1.165, 1.54) is 4.90 Å². The Morgan fingerprint density at radius 1 is 1.00 bits per heavy atom. The zero-order chi connectivity index (χ0) is 24.6. The molecule has 1 saturated heterocycles. The van der Waals surface area contributed by atoms with Crippen molar-refractivity contribution in [1.82, 2.24) is 9.47 Å². The van der Waals surface area contributed by atoms with Gasteiger partial charge >= 0.3 is 5.97 Å². The average molecular weight is 457 g/mol. The predicted octanol–water partition coefficient (Wildman–Crippen LogP) is 4.95. The van der Waals surface area contributed by atoms with Crippen LogP contribution >= 0.6 is 0 Å². The number of hydrogen-bond donors (Lipinski definition) is 0. The van der Waals surface area contributed by atoms with Gasteiger partial charge in [-0.05, 0) is 63.1 Å². The summed E-state index contributed by atoms with van der Waals surface area (Å²) in [6, 6.07) is 14.9. The number of allylic oxidation sites excluding steroid dienone is 1. The van der Waals surface area contributed by atoms with Crippen LogP contribution in [0.25, 0.3) is 17.0 Å². The highest BCUT2D eigenvalue weighted by molar-refractivity contribution is 6.26. The number of nitrogens with zero attached hydrogens (tertiary/aromatic N) is 2. The van der Waals surface area contributed by atoms with Gasteiger partial charge in [0.25, 0.3) is 11.8 Å². The number of carbonyl (C=O) groups excluding carboxylic acids is 3. The Morgan fingerprint density at radius 2 is 1.68 bits per heavy atom. The number of carbonyl (C=O) groups is 3. The fourth-order valence-electron chi connectivity index (χ4n) is 4.44. The van der Waals surface area contributed by atoms with Crippen molar-refractivity contribution in [1.29, 1.82) is 0 Å². The van der Waals surface area contributed by atoms with Crippen LogP contribution in [0.15, 0.2) is 65.3 Å². The molecule has 2 aromatic carbocycles. The summed E-state index contributed by atoms with van der Waals surface area (Å²) in [5.74, 6) is -1.02. The van der Waals surface area contributed by atoms with Crippen molar-refractivity contribution < 1.29 is 19.1 Å². The van der Waals surface area contributed by atoms with Crippen molar-refractivity contribution in [3.05, 3.63) is 87.6 Å². The smallest absolute Gasteiger partial charge is 0.338 e. The first-order valence-corrected chi connectivity index (χ1v) is 11.3. The molecule has 1 fully saturated rings. The summed E-state index contributed by atoms with van der Waals surface area (Å²) in [6.45, 7) is 7.90. The Labute approximate surface area is 199 Å². The Bertz CT molecular complexity index is 1330. The summed E-state index contributed by atoms with van der Waals surface area (Å²) < 4.78 is 7.06. The SMILES string of the molecule is CCOC(=O)c1ccc(CN2C(=O)C(=C(C)C)/C(=C/c3c(C)c4ccccc4n3C)C2=O)cc1. The molecule has 0 N–H and O–H groups in total. The van der Waals surface area contributed by atoms with Gasteiger partial charge in [0.15, 0.2) is 0 Å². The third-order valence-corrected chi connectivity index (χ3v) is 6.21. The van der Waals surface area contributed by atoms with Gasteiger partial charge in [0, 0.05) is 23.6 Å². The third-order valence-electron chi connectivity index (χ3n) is 6.21. The highest BCUT2D eigenvalue weighted by Gasteiger charge is 2.39. The van der Waals surface area contributed by atoms with Crippen molar-refractivity contribution in [3.63, 3.8) is 0 Å². The first-order chi connectivity index (χ1) is 16.2. The van der Waals surface area contributed by atoms with E-state index in [9.17, 15) is 14.4 Å². The Balaban J connectivity index is 1.70. The predicted molar refractivity (Wildman–Crippen MR) is 132 cm³/mol. The summed E-state index contributed by atoms with van der Waals surface area (Å²) in [5, 5.41) is 1.12. The van der Waals surface area contributed by atoms with Gasteiger partial charge in [-0.15, -0.1) is 0 Å². The number of aryl methyl sites for hydroxylation is 2. The molecule has 4 rings (SSSR count). The minimum absolute atomic E-state index is 0.128. The van der Waals surface area contributed by atoms with Crippen LogP contribution in [-0.4, -0.2) is 33.9 Å². The van der Waals surface area contributed by atoms with Crippen LogP contribution in [0.1, 0.15) is 48.0 Å². The largest absolute Gasteiger partial charge is 0.462 e. The molecule has 0 atom stereocenters. The van der Waals surface area contributed by atoms with E-state index >= 15 is 0 Å². The van der Waals surface area contributed by atoms with E-state index in [0.717, 1.165) is 33.3 Å². The lowest BCUT2D eigenvalue weighted by Gasteiger charge is -2.13. The standard InChI is InChI=1S/C28H28N2O4/c1-6-34-28(33)20-13-11-19(12-14-20)16-30-26(31)22(25(17(2)3)27(30)32)15-24-18(4)21-9-7-8-10-23(21)29(24)5/h7-15H,6,16H2,1-5H3/b22-15-. The van der Waals surface area contributed by atoms with E-state index in [0.29, 0.717) is 23.3 Å². The minimum Gasteiger partial charge on any atom is -0.462 e. The number of likely N-dealkylation sites (tertiary alicyclic amines) is 1. The van der Waals surface area contributed by atoms with Crippen molar-refractivity contribution in [2.75, 3.05) is 6.61 Å². The summed E-state index contributed by atoms with van der Waals surface area (Å²) in [5.41, 5.74) is 5.86. The van der Waals surface area contributed by atoms with Gasteiger partial charge in [-0.25, -0.2) is 4.79 Å². The number of fused-ring (bicyclic) bond motifs is 1. The quantitative estimate of drug-likeness (QED) is 0.309. The average Bonchev–Trinajstić information content (AvgIpc) is 3.20. The molecule has 0 spiro atoms. The number of ether oxygens (including phenoxy) is 1. The maximum atomic E-state index is 13.5. The van der Waals surface area contributed by atoms with Crippen molar-refractivity contribution >= 4 is 34.8 Å². The number of para-hydroxylation sites is 1. The molecule has 2 heterocycles. The first-order valence-electron chi connectivity index (χ1n) is 11.3. The lowest BCUT2D eigenvalue weighted by atomic mass is 10.0. The summed E-state index contributed by atoms with van der Waals surface area (Å²) in [4.78, 5) is 39.9. The molecule has 0 unspecified atom stereocenters. The van der Waals surface area contributed by atoms with Gasteiger partial charge in [0.1, 0.15) is 0 Å². The van der Waals surface area contributed by atoms with E-state index in [4.69, 9.17) is 4.74 Å². The van der Waals surface area contributed by atoms with E-state index in [-0.39, 0.29) is 18.4 Å². The monoisotopic (exact) mass is 456 g/mol. The van der Waals surface area contributed by atoms with Crippen LogP contribution in [-0.2, 0) is 27.9 Å². The summed E-state index contributed by atoms with van der Waals surface area (Å²) in [7, 11) is 1.97. The fraction of sp³-hybridized carbons (Fsp3) is 0.250. The molecule has 6 heteroatoms. The molecule has 0 saturated carbocycles. The molecule has 0 bridgehead atoms. The first kappa shape index (κ1) is 23.2. The minimum atomic E-state index is -0.398. The van der Waals surface area contributed by atoms with Gasteiger partial charge in [-0.3, -0.25) is 14.5 Å². The molecule has 174 valence electrons. The molecule has 3 aromatic rings. The molecule has 1 aromatic heterocycles. The van der Waals surface area contributed by atoms with Crippen LogP contribution in [0.3, 0.4) is 0 Å². The second-order valence-electron chi connectivity index (χ2n) is 8.63. The zero-order valence-electron chi connectivity index (χ0n) is 20.1.